The van der Waals surface area contributed by atoms with Crippen LogP contribution in [-0.4, -0.2) is 0 Å². The Morgan fingerprint density at radius 1 is 0.594 bits per heavy atom. The first-order valence-corrected chi connectivity index (χ1v) is 11.3. The summed E-state index contributed by atoms with van der Waals surface area (Å²) in [7, 11) is 0. The Morgan fingerprint density at radius 2 is 1.28 bits per heavy atom. The van der Waals surface area contributed by atoms with Crippen LogP contribution < -0.4 is 5.22 Å². The maximum Gasteiger partial charge on any atom is -0.00203 e. The Labute approximate surface area is 189 Å². The number of fused-ring (bicyclic) bond motifs is 3. The second-order valence-corrected chi connectivity index (χ2v) is 7.90. The maximum absolute atomic E-state index is 4.48. The van der Waals surface area contributed by atoms with Crippen molar-refractivity contribution < 1.29 is 0 Å². The van der Waals surface area contributed by atoms with Gasteiger partial charge in [-0.05, 0) is 71.1 Å². The van der Waals surface area contributed by atoms with Crippen LogP contribution in [0.3, 0.4) is 0 Å². The molecule has 0 N–H and O–H groups in total. The van der Waals surface area contributed by atoms with E-state index in [1.807, 2.05) is 19.9 Å². The van der Waals surface area contributed by atoms with Crippen LogP contribution in [-0.2, 0) is 0 Å². The predicted octanol–water partition coefficient (Wildman–Crippen LogP) is 8.76. The molecule has 0 heteroatoms. The van der Waals surface area contributed by atoms with Gasteiger partial charge in [0.05, 0.1) is 0 Å². The topological polar surface area (TPSA) is 0 Å². The quantitative estimate of drug-likeness (QED) is 0.198. The minimum Gasteiger partial charge on any atom is -0.0984 e. The molecular weight excluding hydrogens is 384 g/mol. The molecule has 0 unspecified atom stereocenters. The molecule has 6 aromatic carbocycles. The molecular formula is C32H26. The third-order valence-electron chi connectivity index (χ3n) is 6.33. The summed E-state index contributed by atoms with van der Waals surface area (Å²) in [6, 6.07) is 32.8. The molecule has 0 radical (unpaired) electrons. The molecule has 0 bridgehead atoms. The zero-order chi connectivity index (χ0) is 22.2. The van der Waals surface area contributed by atoms with Gasteiger partial charge in [-0.15, -0.1) is 0 Å². The summed E-state index contributed by atoms with van der Waals surface area (Å²) in [4.78, 5) is 0. The highest BCUT2D eigenvalue weighted by Crippen LogP contribution is 2.38. The monoisotopic (exact) mass is 410 g/mol. The van der Waals surface area contributed by atoms with Gasteiger partial charge in [0.25, 0.3) is 0 Å². The van der Waals surface area contributed by atoms with Crippen LogP contribution in [0.5, 0.6) is 0 Å². The van der Waals surface area contributed by atoms with Crippen LogP contribution in [0.25, 0.3) is 66.9 Å². The lowest BCUT2D eigenvalue weighted by Gasteiger charge is -2.15. The van der Waals surface area contributed by atoms with Crippen LogP contribution in [0.15, 0.2) is 97.6 Å². The lowest BCUT2D eigenvalue weighted by atomic mass is 9.88. The van der Waals surface area contributed by atoms with Crippen LogP contribution >= 0.6 is 0 Å². The fourth-order valence-corrected chi connectivity index (χ4v) is 4.93. The summed E-state index contributed by atoms with van der Waals surface area (Å²) in [5, 5.41) is 11.1. The smallest absolute Gasteiger partial charge is 0.00203 e. The molecule has 0 saturated carbocycles. The fraction of sp³-hybridized carbons (Fsp3) is 0.0625. The average Bonchev–Trinajstić information content (AvgIpc) is 2.87. The van der Waals surface area contributed by atoms with E-state index in [1.165, 1.54) is 54.2 Å². The van der Waals surface area contributed by atoms with Crippen LogP contribution in [0.2, 0.25) is 0 Å². The molecule has 32 heavy (non-hydrogen) atoms. The molecule has 0 spiro atoms. The molecule has 0 aromatic heterocycles. The normalized spacial score (nSPS) is 11.1. The van der Waals surface area contributed by atoms with Crippen molar-refractivity contribution in [3.63, 3.8) is 0 Å². The third-order valence-corrected chi connectivity index (χ3v) is 6.33. The number of hydrogen-bond donors (Lipinski definition) is 0. The summed E-state index contributed by atoms with van der Waals surface area (Å²) < 4.78 is 0. The Bertz CT molecular complexity index is 1670. The highest BCUT2D eigenvalue weighted by atomic mass is 14.2. The number of benzene rings is 6. The molecule has 0 atom stereocenters. The number of hydrogen-bond acceptors (Lipinski definition) is 0. The van der Waals surface area contributed by atoms with Crippen molar-refractivity contribution in [2.24, 2.45) is 0 Å². The first kappa shape index (κ1) is 20.0. The summed E-state index contributed by atoms with van der Waals surface area (Å²) in [5.41, 5.74) is 3.64. The van der Waals surface area contributed by atoms with Crippen molar-refractivity contribution in [2.75, 3.05) is 0 Å². The van der Waals surface area contributed by atoms with E-state index in [1.54, 1.807) is 0 Å². The predicted molar refractivity (Wildman–Crippen MR) is 144 cm³/mol. The molecule has 6 rings (SSSR count). The van der Waals surface area contributed by atoms with E-state index in [9.17, 15) is 0 Å². The highest BCUT2D eigenvalue weighted by molar-refractivity contribution is 6.25. The zero-order valence-corrected chi connectivity index (χ0v) is 18.7. The van der Waals surface area contributed by atoms with Crippen molar-refractivity contribution in [1.29, 1.82) is 0 Å². The van der Waals surface area contributed by atoms with Gasteiger partial charge >= 0.3 is 0 Å². The van der Waals surface area contributed by atoms with Gasteiger partial charge in [0.2, 0.25) is 0 Å². The van der Waals surface area contributed by atoms with Crippen molar-refractivity contribution in [2.45, 2.75) is 13.8 Å². The van der Waals surface area contributed by atoms with Gasteiger partial charge in [-0.1, -0.05) is 118 Å². The molecule has 0 aliphatic rings. The van der Waals surface area contributed by atoms with Crippen molar-refractivity contribution >= 4 is 55.7 Å². The SMILES string of the molecule is C=Cc1cccc2c1c(=C)c1cccc3c(-c4ccc5ccccc5c4)ccc2c31.CC. The minimum atomic E-state index is 1.08. The molecule has 0 saturated heterocycles. The van der Waals surface area contributed by atoms with E-state index in [0.717, 1.165) is 10.8 Å². The van der Waals surface area contributed by atoms with Crippen LogP contribution in [0.4, 0.5) is 0 Å². The van der Waals surface area contributed by atoms with Gasteiger partial charge < -0.3 is 0 Å². The van der Waals surface area contributed by atoms with Gasteiger partial charge in [-0.3, -0.25) is 0 Å². The Balaban J connectivity index is 0.00000105. The highest BCUT2D eigenvalue weighted by Gasteiger charge is 2.13. The lowest BCUT2D eigenvalue weighted by molar-refractivity contribution is 1.50. The molecule has 0 aliphatic heterocycles. The molecule has 154 valence electrons. The van der Waals surface area contributed by atoms with Crippen molar-refractivity contribution in [3.8, 4) is 11.1 Å². The van der Waals surface area contributed by atoms with E-state index in [0.29, 0.717) is 0 Å². The Morgan fingerprint density at radius 3 is 2.09 bits per heavy atom. The van der Waals surface area contributed by atoms with E-state index >= 15 is 0 Å². The summed E-state index contributed by atoms with van der Waals surface area (Å²) in [6.45, 7) is 12.5. The lowest BCUT2D eigenvalue weighted by Crippen LogP contribution is -2.05. The minimum absolute atomic E-state index is 1.08. The first-order valence-electron chi connectivity index (χ1n) is 11.3. The maximum atomic E-state index is 4.48. The Hall–Kier alpha value is -3.90. The van der Waals surface area contributed by atoms with Gasteiger partial charge in [0.1, 0.15) is 0 Å². The average molecular weight is 411 g/mol. The summed E-state index contributed by atoms with van der Waals surface area (Å²) >= 11 is 0. The summed E-state index contributed by atoms with van der Waals surface area (Å²) in [5.74, 6) is 0. The van der Waals surface area contributed by atoms with E-state index in [2.05, 4.69) is 104 Å². The largest absolute Gasteiger partial charge is 0.0984 e. The van der Waals surface area contributed by atoms with E-state index in [4.69, 9.17) is 0 Å². The van der Waals surface area contributed by atoms with Gasteiger partial charge in [0, 0.05) is 0 Å². The molecule has 0 nitrogen and oxygen atoms in total. The zero-order valence-electron chi connectivity index (χ0n) is 18.7. The van der Waals surface area contributed by atoms with Crippen molar-refractivity contribution in [1.82, 2.24) is 0 Å². The summed E-state index contributed by atoms with van der Waals surface area (Å²) in [6.07, 6.45) is 1.93. The van der Waals surface area contributed by atoms with Gasteiger partial charge in [-0.2, -0.15) is 0 Å². The molecule has 0 fully saturated rings. The molecule has 0 aliphatic carbocycles. The molecule has 0 heterocycles. The molecule has 6 aromatic rings. The van der Waals surface area contributed by atoms with E-state index < -0.39 is 0 Å². The second kappa shape index (κ2) is 7.98. The standard InChI is InChI=1S/C30H20.C2H6/c1-3-20-10-6-12-27-28-17-16-25(23-15-14-21-8-4-5-9-22(21)18-23)26-13-7-11-24(30(26)28)19(2)29(20)27;1-2/h3-18H,1-2H2;1-2H3. The third kappa shape index (κ3) is 2.92. The van der Waals surface area contributed by atoms with Crippen molar-refractivity contribution in [3.05, 3.63) is 108 Å². The Kier molecular flexibility index (Phi) is 4.99. The van der Waals surface area contributed by atoms with Crippen LogP contribution in [0, 0.1) is 0 Å². The van der Waals surface area contributed by atoms with Crippen LogP contribution in [0.1, 0.15) is 19.4 Å². The first-order chi connectivity index (χ1) is 15.8. The number of rotatable bonds is 2. The van der Waals surface area contributed by atoms with Gasteiger partial charge in [0.15, 0.2) is 0 Å². The molecule has 0 amide bonds. The van der Waals surface area contributed by atoms with Gasteiger partial charge in [-0.25, -0.2) is 0 Å². The second-order valence-electron chi connectivity index (χ2n) is 7.90. The fourth-order valence-electron chi connectivity index (χ4n) is 4.93. The van der Waals surface area contributed by atoms with E-state index in [-0.39, 0.29) is 0 Å².